The number of hydrogen-bond acceptors (Lipinski definition) is 7. The maximum atomic E-state index is 15.0. The van der Waals surface area contributed by atoms with Crippen LogP contribution in [0.25, 0.3) is 0 Å². The highest BCUT2D eigenvalue weighted by molar-refractivity contribution is 7.93. The Hall–Kier alpha value is -3.93. The van der Waals surface area contributed by atoms with E-state index in [1.54, 1.807) is 0 Å². The SMILES string of the molecule is COc1cnc(C(=O)Nc2ccc(F)c([C@]3(C)CS(=O)(=O)[C@](C)(c4ccc(F)cc4)C(=N)N3)c2)cn1. The molecule has 3 N–H and O–H groups in total. The van der Waals surface area contributed by atoms with Crippen LogP contribution in [0.15, 0.2) is 54.9 Å². The van der Waals surface area contributed by atoms with Crippen LogP contribution in [-0.2, 0) is 20.1 Å². The minimum absolute atomic E-state index is 0.0110. The molecule has 1 saturated heterocycles. The normalized spacial score (nSPS) is 23.0. The molecule has 4 rings (SSSR count). The number of benzene rings is 2. The fraction of sp³-hybridized carbons (Fsp3) is 0.250. The summed E-state index contributed by atoms with van der Waals surface area (Å²) in [6.45, 7) is 2.82. The summed E-state index contributed by atoms with van der Waals surface area (Å²) in [5.74, 6) is -2.60. The lowest BCUT2D eigenvalue weighted by Gasteiger charge is -2.45. The van der Waals surface area contributed by atoms with Gasteiger partial charge < -0.3 is 15.4 Å². The Balaban J connectivity index is 1.65. The molecule has 0 unspecified atom stereocenters. The van der Waals surface area contributed by atoms with E-state index in [1.165, 1.54) is 57.6 Å². The molecule has 0 saturated carbocycles. The zero-order valence-corrected chi connectivity index (χ0v) is 20.4. The molecule has 1 aliphatic heterocycles. The first-order valence-electron chi connectivity index (χ1n) is 10.7. The second-order valence-corrected chi connectivity index (χ2v) is 11.1. The Morgan fingerprint density at radius 2 is 1.81 bits per heavy atom. The number of carbonyl (C=O) groups excluding carboxylic acids is 1. The van der Waals surface area contributed by atoms with E-state index in [0.717, 1.165) is 18.2 Å². The first-order chi connectivity index (χ1) is 16.9. The fourth-order valence-corrected chi connectivity index (χ4v) is 6.24. The van der Waals surface area contributed by atoms with Crippen LogP contribution < -0.4 is 15.4 Å². The number of nitrogens with zero attached hydrogens (tertiary/aromatic N) is 2. The molecule has 1 fully saturated rings. The molecule has 2 atom stereocenters. The maximum absolute atomic E-state index is 15.0. The molecule has 0 spiro atoms. The van der Waals surface area contributed by atoms with Gasteiger partial charge in [0.15, 0.2) is 14.6 Å². The molecule has 12 heteroatoms. The van der Waals surface area contributed by atoms with Crippen LogP contribution in [0.1, 0.15) is 35.5 Å². The molecule has 0 radical (unpaired) electrons. The number of aromatic nitrogens is 2. The van der Waals surface area contributed by atoms with Gasteiger partial charge in [-0.2, -0.15) is 0 Å². The third kappa shape index (κ3) is 4.28. The lowest BCUT2D eigenvalue weighted by atomic mass is 9.89. The van der Waals surface area contributed by atoms with E-state index in [9.17, 15) is 22.0 Å². The largest absolute Gasteiger partial charge is 0.480 e. The predicted molar refractivity (Wildman–Crippen MR) is 129 cm³/mol. The van der Waals surface area contributed by atoms with E-state index in [1.807, 2.05) is 0 Å². The molecule has 1 aromatic heterocycles. The summed E-state index contributed by atoms with van der Waals surface area (Å²) in [4.78, 5) is 20.4. The highest BCUT2D eigenvalue weighted by atomic mass is 32.2. The van der Waals surface area contributed by atoms with Gasteiger partial charge in [-0.25, -0.2) is 27.2 Å². The fourth-order valence-electron chi connectivity index (χ4n) is 4.11. The quantitative estimate of drug-likeness (QED) is 0.475. The van der Waals surface area contributed by atoms with Crippen molar-refractivity contribution in [3.05, 3.63) is 83.3 Å². The minimum Gasteiger partial charge on any atom is -0.480 e. The van der Waals surface area contributed by atoms with Crippen molar-refractivity contribution in [2.24, 2.45) is 0 Å². The van der Waals surface area contributed by atoms with Crippen LogP contribution in [-0.4, -0.2) is 43.0 Å². The van der Waals surface area contributed by atoms with Crippen molar-refractivity contribution in [2.45, 2.75) is 24.1 Å². The van der Waals surface area contributed by atoms with E-state index in [0.29, 0.717) is 0 Å². The number of halogens is 2. The lowest BCUT2D eigenvalue weighted by Crippen LogP contribution is -2.63. The number of hydrogen-bond donors (Lipinski definition) is 3. The van der Waals surface area contributed by atoms with Crippen molar-refractivity contribution in [1.29, 1.82) is 5.41 Å². The van der Waals surface area contributed by atoms with Gasteiger partial charge in [-0.3, -0.25) is 10.2 Å². The van der Waals surface area contributed by atoms with Gasteiger partial charge in [0.05, 0.1) is 30.8 Å². The number of nitrogens with one attached hydrogen (secondary N) is 3. The number of carbonyl (C=O) groups is 1. The summed E-state index contributed by atoms with van der Waals surface area (Å²) >= 11 is 0. The molecule has 188 valence electrons. The second kappa shape index (κ2) is 8.94. The van der Waals surface area contributed by atoms with E-state index >= 15 is 0 Å². The van der Waals surface area contributed by atoms with E-state index < -0.39 is 43.4 Å². The van der Waals surface area contributed by atoms with Crippen LogP contribution in [0.4, 0.5) is 14.5 Å². The van der Waals surface area contributed by atoms with Gasteiger partial charge in [0.2, 0.25) is 5.88 Å². The number of methoxy groups -OCH3 is 1. The zero-order valence-electron chi connectivity index (χ0n) is 19.6. The summed E-state index contributed by atoms with van der Waals surface area (Å²) in [5, 5.41) is 14.0. The molecule has 9 nitrogen and oxygen atoms in total. The number of ether oxygens (including phenoxy) is 1. The van der Waals surface area contributed by atoms with E-state index in [4.69, 9.17) is 10.1 Å². The van der Waals surface area contributed by atoms with Crippen molar-refractivity contribution >= 4 is 27.3 Å². The van der Waals surface area contributed by atoms with Crippen LogP contribution in [0.5, 0.6) is 5.88 Å². The molecule has 2 aromatic carbocycles. The number of anilines is 1. The third-order valence-electron chi connectivity index (χ3n) is 6.26. The molecule has 0 bridgehead atoms. The summed E-state index contributed by atoms with van der Waals surface area (Å²) in [5.41, 5.74) is -1.20. The minimum atomic E-state index is -4.09. The van der Waals surface area contributed by atoms with Crippen molar-refractivity contribution in [2.75, 3.05) is 18.2 Å². The topological polar surface area (TPSA) is 134 Å². The first kappa shape index (κ1) is 25.2. The number of rotatable bonds is 5. The number of sulfone groups is 1. The van der Waals surface area contributed by atoms with Gasteiger partial charge in [0.1, 0.15) is 23.2 Å². The monoisotopic (exact) mass is 515 g/mol. The Morgan fingerprint density at radius 3 is 2.39 bits per heavy atom. The predicted octanol–water partition coefficient (Wildman–Crippen LogP) is 3.14. The Bertz CT molecular complexity index is 1450. The van der Waals surface area contributed by atoms with E-state index in [2.05, 4.69) is 20.6 Å². The highest BCUT2D eigenvalue weighted by Crippen LogP contribution is 2.41. The highest BCUT2D eigenvalue weighted by Gasteiger charge is 2.54. The third-order valence-corrected chi connectivity index (χ3v) is 8.90. The molecule has 1 amide bonds. The van der Waals surface area contributed by atoms with Gasteiger partial charge in [-0.05, 0) is 49.7 Å². The van der Waals surface area contributed by atoms with Crippen LogP contribution in [0.2, 0.25) is 0 Å². The molecule has 36 heavy (non-hydrogen) atoms. The van der Waals surface area contributed by atoms with Crippen molar-refractivity contribution in [1.82, 2.24) is 15.3 Å². The summed E-state index contributed by atoms with van der Waals surface area (Å²) in [6.07, 6.45) is 2.49. The van der Waals surface area contributed by atoms with Gasteiger partial charge >= 0.3 is 0 Å². The summed E-state index contributed by atoms with van der Waals surface area (Å²) in [6, 6.07) is 8.59. The summed E-state index contributed by atoms with van der Waals surface area (Å²) in [7, 11) is -2.68. The van der Waals surface area contributed by atoms with Gasteiger partial charge in [-0.15, -0.1) is 0 Å². The average molecular weight is 516 g/mol. The van der Waals surface area contributed by atoms with Crippen LogP contribution in [0.3, 0.4) is 0 Å². The Morgan fingerprint density at radius 1 is 1.11 bits per heavy atom. The molecule has 1 aliphatic rings. The van der Waals surface area contributed by atoms with E-state index in [-0.39, 0.29) is 34.2 Å². The van der Waals surface area contributed by atoms with Gasteiger partial charge in [-0.1, -0.05) is 12.1 Å². The van der Waals surface area contributed by atoms with Crippen molar-refractivity contribution < 1.29 is 26.7 Å². The lowest BCUT2D eigenvalue weighted by molar-refractivity contribution is 0.102. The molecule has 3 aromatic rings. The van der Waals surface area contributed by atoms with Crippen molar-refractivity contribution in [3.8, 4) is 5.88 Å². The van der Waals surface area contributed by atoms with Gasteiger partial charge in [0, 0.05) is 11.3 Å². The molecular weight excluding hydrogens is 492 g/mol. The summed E-state index contributed by atoms with van der Waals surface area (Å²) < 4.78 is 58.6. The van der Waals surface area contributed by atoms with Crippen LogP contribution >= 0.6 is 0 Å². The maximum Gasteiger partial charge on any atom is 0.275 e. The first-order valence-corrected chi connectivity index (χ1v) is 12.4. The van der Waals surface area contributed by atoms with Crippen molar-refractivity contribution in [3.63, 3.8) is 0 Å². The zero-order chi connectivity index (χ0) is 26.3. The number of amidine groups is 1. The van der Waals surface area contributed by atoms with Crippen LogP contribution in [0, 0.1) is 17.0 Å². The molecule has 2 heterocycles. The molecule has 0 aliphatic carbocycles. The smallest absolute Gasteiger partial charge is 0.275 e. The average Bonchev–Trinajstić information content (AvgIpc) is 2.83. The standard InChI is InChI=1S/C24H23F2N5O4S/c1-23(13-36(33,34)24(2,22(27)31-23)14-4-6-15(25)7-5-14)17-10-16(8-9-18(17)26)30-21(32)19-11-29-20(35-3)12-28-19/h4-12H,13H2,1-3H3,(H2,27,31)(H,30,32)/t23-,24+/m0/s1. The number of amides is 1. The Labute approximate surface area is 206 Å². The second-order valence-electron chi connectivity index (χ2n) is 8.72. The van der Waals surface area contributed by atoms with Gasteiger partial charge in [0.25, 0.3) is 5.91 Å². The molecular formula is C24H23F2N5O4S. The Kier molecular flexibility index (Phi) is 6.25.